The summed E-state index contributed by atoms with van der Waals surface area (Å²) in [6.07, 6.45) is 13.8. The van der Waals surface area contributed by atoms with Crippen molar-refractivity contribution < 1.29 is 4.79 Å². The Kier molecular flexibility index (Phi) is 6.40. The molecule has 2 aromatic heterocycles. The maximum atomic E-state index is 13.2. The van der Waals surface area contributed by atoms with Crippen LogP contribution in [0.2, 0.25) is 5.02 Å². The van der Waals surface area contributed by atoms with E-state index in [1.54, 1.807) is 31.0 Å². The molecule has 0 spiro atoms. The molecule has 5 heterocycles. The molecule has 0 saturated carbocycles. The van der Waals surface area contributed by atoms with E-state index in [2.05, 4.69) is 40.9 Å². The molecule has 1 saturated heterocycles. The van der Waals surface area contributed by atoms with Gasteiger partial charge in [-0.05, 0) is 49.4 Å². The lowest BCUT2D eigenvalue weighted by molar-refractivity contribution is 0.222. The van der Waals surface area contributed by atoms with Gasteiger partial charge in [-0.2, -0.15) is 4.98 Å². The van der Waals surface area contributed by atoms with E-state index < -0.39 is 0 Å². The predicted molar refractivity (Wildman–Crippen MR) is 143 cm³/mol. The number of aromatic nitrogens is 4. The molecule has 6 rings (SSSR count). The van der Waals surface area contributed by atoms with Crippen LogP contribution in [0.3, 0.4) is 0 Å². The molecule has 2 unspecified atom stereocenters. The van der Waals surface area contributed by atoms with Gasteiger partial charge in [-0.15, -0.1) is 0 Å². The summed E-state index contributed by atoms with van der Waals surface area (Å²) in [7, 11) is 0. The van der Waals surface area contributed by atoms with Gasteiger partial charge >= 0.3 is 6.03 Å². The summed E-state index contributed by atoms with van der Waals surface area (Å²) in [6.45, 7) is 1.30. The molecule has 1 fully saturated rings. The number of anilines is 4. The zero-order valence-corrected chi connectivity index (χ0v) is 20.8. The van der Waals surface area contributed by atoms with E-state index in [0.29, 0.717) is 29.9 Å². The SMILES string of the molecule is O=C(Nc1ccc2cc1CCC1C=NC=C(C1)Nc1ncc(Cl)c(n1)N2)N1CCC(c2cnccn2)C1. The fraction of sp³-hybridized carbons (Fsp3) is 0.308. The number of fused-ring (bicyclic) bond motifs is 6. The van der Waals surface area contributed by atoms with Gasteiger partial charge in [0.25, 0.3) is 0 Å². The Bertz CT molecular complexity index is 1380. The molecule has 3 aromatic rings. The van der Waals surface area contributed by atoms with Gasteiger partial charge < -0.3 is 20.9 Å². The molecule has 188 valence electrons. The van der Waals surface area contributed by atoms with E-state index in [0.717, 1.165) is 54.0 Å². The first-order valence-corrected chi connectivity index (χ1v) is 12.7. The first-order chi connectivity index (χ1) is 18.1. The number of urea groups is 1. The second-order valence-electron chi connectivity index (χ2n) is 9.46. The van der Waals surface area contributed by atoms with Gasteiger partial charge in [-0.1, -0.05) is 11.6 Å². The first kappa shape index (κ1) is 23.4. The zero-order chi connectivity index (χ0) is 25.2. The first-order valence-electron chi connectivity index (χ1n) is 12.3. The molecule has 3 aliphatic rings. The van der Waals surface area contributed by atoms with Crippen LogP contribution in [0.5, 0.6) is 0 Å². The molecule has 10 nitrogen and oxygen atoms in total. The van der Waals surface area contributed by atoms with Gasteiger partial charge in [0.15, 0.2) is 5.82 Å². The van der Waals surface area contributed by atoms with Crippen LogP contribution >= 0.6 is 11.6 Å². The van der Waals surface area contributed by atoms with Crippen molar-refractivity contribution in [3.63, 3.8) is 0 Å². The number of nitrogens with one attached hydrogen (secondary N) is 3. The molecule has 0 radical (unpaired) electrons. The van der Waals surface area contributed by atoms with Gasteiger partial charge in [-0.25, -0.2) is 9.78 Å². The maximum absolute atomic E-state index is 13.2. The van der Waals surface area contributed by atoms with Crippen LogP contribution in [0.15, 0.2) is 59.9 Å². The number of allylic oxidation sites excluding steroid dienone is 1. The van der Waals surface area contributed by atoms with E-state index in [9.17, 15) is 4.79 Å². The van der Waals surface area contributed by atoms with E-state index in [4.69, 9.17) is 11.6 Å². The largest absolute Gasteiger partial charge is 0.339 e. The number of aryl methyl sites for hydroxylation is 1. The van der Waals surface area contributed by atoms with Crippen LogP contribution in [0.4, 0.5) is 27.9 Å². The van der Waals surface area contributed by atoms with Crippen LogP contribution in [-0.2, 0) is 6.42 Å². The molecule has 11 heteroatoms. The number of hydrogen-bond acceptors (Lipinski definition) is 8. The van der Waals surface area contributed by atoms with Gasteiger partial charge in [0.2, 0.25) is 5.95 Å². The molecule has 3 aliphatic heterocycles. The van der Waals surface area contributed by atoms with Crippen molar-refractivity contribution in [2.45, 2.75) is 31.6 Å². The minimum Gasteiger partial charge on any atom is -0.339 e. The number of rotatable bonds is 2. The summed E-state index contributed by atoms with van der Waals surface area (Å²) >= 11 is 6.38. The standard InChI is InChI=1S/C26H26ClN9O/c27-21-13-31-25-33-20-9-16(11-29-12-20)1-2-17-10-19(32-24(21)35-25)3-4-22(17)34-26(37)36-8-5-18(15-36)23-14-28-6-7-30-23/h3-4,6-7,10-14,16,18H,1-2,5,8-9,15H2,(H,34,37)(H2,31,32,33,35). The molecule has 37 heavy (non-hydrogen) atoms. The number of amides is 2. The Morgan fingerprint density at radius 3 is 2.97 bits per heavy atom. The Hall–Kier alpha value is -4.05. The summed E-state index contributed by atoms with van der Waals surface area (Å²) in [4.78, 5) is 36.9. The summed E-state index contributed by atoms with van der Waals surface area (Å²) in [5.74, 6) is 1.42. The van der Waals surface area contributed by atoms with Gasteiger partial charge in [0, 0.05) is 73.0 Å². The fourth-order valence-corrected chi connectivity index (χ4v) is 5.08. The van der Waals surface area contributed by atoms with E-state index in [-0.39, 0.29) is 17.9 Å². The third-order valence-corrected chi connectivity index (χ3v) is 7.17. The van der Waals surface area contributed by atoms with Crippen molar-refractivity contribution in [2.75, 3.05) is 29.0 Å². The fourth-order valence-electron chi connectivity index (χ4n) is 4.94. The van der Waals surface area contributed by atoms with Crippen molar-refractivity contribution >= 4 is 47.0 Å². The second kappa shape index (κ2) is 10.1. The number of benzene rings is 1. The van der Waals surface area contributed by atoms with Crippen LogP contribution in [0.1, 0.15) is 36.4 Å². The van der Waals surface area contributed by atoms with E-state index in [1.807, 2.05) is 29.3 Å². The monoisotopic (exact) mass is 515 g/mol. The molecule has 0 aliphatic carbocycles. The van der Waals surface area contributed by atoms with Crippen LogP contribution < -0.4 is 16.0 Å². The second-order valence-corrected chi connectivity index (χ2v) is 9.87. The van der Waals surface area contributed by atoms with E-state index >= 15 is 0 Å². The van der Waals surface area contributed by atoms with Crippen LogP contribution in [0, 0.1) is 5.92 Å². The lowest BCUT2D eigenvalue weighted by Crippen LogP contribution is -2.33. The third-order valence-electron chi connectivity index (χ3n) is 6.90. The number of carbonyl (C=O) groups is 1. The van der Waals surface area contributed by atoms with E-state index in [1.165, 1.54) is 0 Å². The minimum atomic E-state index is -0.108. The smallest absolute Gasteiger partial charge is 0.321 e. The maximum Gasteiger partial charge on any atom is 0.321 e. The highest BCUT2D eigenvalue weighted by molar-refractivity contribution is 6.32. The summed E-state index contributed by atoms with van der Waals surface area (Å²) in [6, 6.07) is 5.78. The number of likely N-dealkylation sites (tertiary alicyclic amines) is 1. The molecule has 2 atom stereocenters. The predicted octanol–water partition coefficient (Wildman–Crippen LogP) is 4.98. The Morgan fingerprint density at radius 1 is 1.14 bits per heavy atom. The summed E-state index contributed by atoms with van der Waals surface area (Å²) in [5, 5.41) is 10.1. The Labute approximate surface area is 219 Å². The topological polar surface area (TPSA) is 120 Å². The Morgan fingerprint density at radius 2 is 2.08 bits per heavy atom. The number of nitrogens with zero attached hydrogens (tertiary/aromatic N) is 6. The van der Waals surface area contributed by atoms with Crippen LogP contribution in [0.25, 0.3) is 0 Å². The molecule has 1 aromatic carbocycles. The van der Waals surface area contributed by atoms with Crippen molar-refractivity contribution in [1.29, 1.82) is 0 Å². The highest BCUT2D eigenvalue weighted by Gasteiger charge is 2.29. The average Bonchev–Trinajstić information content (AvgIpc) is 3.42. The highest BCUT2D eigenvalue weighted by Crippen LogP contribution is 2.31. The number of carbonyl (C=O) groups excluding carboxylic acids is 1. The third kappa shape index (κ3) is 5.24. The van der Waals surface area contributed by atoms with Crippen LogP contribution in [-0.4, -0.2) is 50.2 Å². The number of hydrogen-bond donors (Lipinski definition) is 3. The summed E-state index contributed by atoms with van der Waals surface area (Å²) in [5.41, 5.74) is 4.54. The quantitative estimate of drug-likeness (QED) is 0.440. The molecule has 6 bridgehead atoms. The van der Waals surface area contributed by atoms with Crippen molar-refractivity contribution in [2.24, 2.45) is 10.9 Å². The lowest BCUT2D eigenvalue weighted by Gasteiger charge is -2.21. The van der Waals surface area contributed by atoms with Gasteiger partial charge in [0.05, 0.1) is 11.9 Å². The van der Waals surface area contributed by atoms with Crippen molar-refractivity contribution in [3.8, 4) is 0 Å². The molecule has 2 amide bonds. The number of aliphatic imine (C=N–C) groups is 1. The normalized spacial score (nSPS) is 20.5. The number of halogens is 1. The average molecular weight is 516 g/mol. The van der Waals surface area contributed by atoms with Crippen molar-refractivity contribution in [1.82, 2.24) is 24.8 Å². The molecule has 3 N–H and O–H groups in total. The highest BCUT2D eigenvalue weighted by atomic mass is 35.5. The zero-order valence-electron chi connectivity index (χ0n) is 20.1. The van der Waals surface area contributed by atoms with Crippen molar-refractivity contribution in [3.05, 3.63) is 71.2 Å². The minimum absolute atomic E-state index is 0.108. The molecular formula is C26H26ClN9O. The van der Waals surface area contributed by atoms with Gasteiger partial charge in [-0.3, -0.25) is 15.0 Å². The van der Waals surface area contributed by atoms with Gasteiger partial charge in [0.1, 0.15) is 5.02 Å². The Balaban J connectivity index is 1.24. The molecular weight excluding hydrogens is 490 g/mol. The lowest BCUT2D eigenvalue weighted by atomic mass is 9.94. The summed E-state index contributed by atoms with van der Waals surface area (Å²) < 4.78 is 0.